The summed E-state index contributed by atoms with van der Waals surface area (Å²) < 4.78 is 14.6. The van der Waals surface area contributed by atoms with Gasteiger partial charge in [0.2, 0.25) is 5.91 Å². The van der Waals surface area contributed by atoms with Crippen LogP contribution < -0.4 is 5.32 Å². The van der Waals surface area contributed by atoms with E-state index in [-0.39, 0.29) is 17.5 Å². The van der Waals surface area contributed by atoms with Gasteiger partial charge in [-0.3, -0.25) is 9.78 Å². The van der Waals surface area contributed by atoms with Gasteiger partial charge in [0, 0.05) is 29.6 Å². The Hall–Kier alpha value is -2.75. The summed E-state index contributed by atoms with van der Waals surface area (Å²) in [5, 5.41) is 3.90. The van der Waals surface area contributed by atoms with Gasteiger partial charge in [-0.25, -0.2) is 4.39 Å². The van der Waals surface area contributed by atoms with Crippen molar-refractivity contribution < 1.29 is 9.18 Å². The van der Waals surface area contributed by atoms with E-state index in [2.05, 4.69) is 55.3 Å². The molecule has 3 rings (SSSR count). The highest BCUT2D eigenvalue weighted by Crippen LogP contribution is 2.27. The Kier molecular flexibility index (Phi) is 5.84. The summed E-state index contributed by atoms with van der Waals surface area (Å²) in [6, 6.07) is 13.4. The van der Waals surface area contributed by atoms with Crippen molar-refractivity contribution in [2.45, 2.75) is 45.4 Å². The second-order valence-electron chi connectivity index (χ2n) is 7.20. The van der Waals surface area contributed by atoms with Gasteiger partial charge < -0.3 is 5.32 Å². The third-order valence-electron chi connectivity index (χ3n) is 5.03. The first-order valence-corrected chi connectivity index (χ1v) is 9.41. The van der Waals surface area contributed by atoms with Crippen LogP contribution in [0.4, 0.5) is 10.1 Å². The predicted octanol–water partition coefficient (Wildman–Crippen LogP) is 6.02. The zero-order chi connectivity index (χ0) is 19.4. The smallest absolute Gasteiger partial charge is 0.225 e. The zero-order valence-electron chi connectivity index (χ0n) is 16.0. The van der Waals surface area contributed by atoms with E-state index in [0.29, 0.717) is 23.1 Å². The number of nitrogens with zero attached hydrogens (tertiary/aromatic N) is 1. The lowest BCUT2D eigenvalue weighted by Gasteiger charge is -2.17. The van der Waals surface area contributed by atoms with Crippen LogP contribution in [0.3, 0.4) is 0 Å². The van der Waals surface area contributed by atoms with Gasteiger partial charge in [-0.15, -0.1) is 0 Å². The third kappa shape index (κ3) is 4.33. The molecule has 4 heteroatoms. The molecule has 1 aromatic heterocycles. The Labute approximate surface area is 159 Å². The number of anilines is 1. The molecule has 3 aromatic rings. The van der Waals surface area contributed by atoms with Crippen LogP contribution in [0.15, 0.2) is 54.9 Å². The monoisotopic (exact) mass is 364 g/mol. The van der Waals surface area contributed by atoms with Crippen LogP contribution in [-0.4, -0.2) is 10.9 Å². The average Bonchev–Trinajstić information content (AvgIpc) is 2.68. The number of pyridine rings is 1. The molecule has 140 valence electrons. The number of hydrogen-bond acceptors (Lipinski definition) is 2. The molecule has 0 fully saturated rings. The minimum atomic E-state index is -0.419. The van der Waals surface area contributed by atoms with Gasteiger partial charge in [-0.1, -0.05) is 51.1 Å². The van der Waals surface area contributed by atoms with E-state index in [1.165, 1.54) is 5.56 Å². The van der Waals surface area contributed by atoms with Crippen molar-refractivity contribution in [3.8, 4) is 0 Å². The largest absolute Gasteiger partial charge is 0.324 e. The number of carbonyl (C=O) groups excluding carboxylic acids is 1. The predicted molar refractivity (Wildman–Crippen MR) is 109 cm³/mol. The van der Waals surface area contributed by atoms with E-state index in [0.717, 1.165) is 12.0 Å². The molecule has 0 saturated carbocycles. The Morgan fingerprint density at radius 3 is 2.44 bits per heavy atom. The van der Waals surface area contributed by atoms with Crippen molar-refractivity contribution in [1.29, 1.82) is 0 Å². The van der Waals surface area contributed by atoms with Crippen LogP contribution in [0, 0.1) is 5.82 Å². The molecule has 0 bridgehead atoms. The van der Waals surface area contributed by atoms with Crippen molar-refractivity contribution in [3.63, 3.8) is 0 Å². The standard InChI is InChI=1S/C23H25FN2O/c1-4-16(18-7-5-17(6-8-18)15(2)3)13-22(27)26-21-10-9-19-14-25-12-11-20(19)23(21)24/h5-12,14-16H,4,13H2,1-3H3,(H,26,27)/t16-/m0/s1. The molecular weight excluding hydrogens is 339 g/mol. The summed E-state index contributed by atoms with van der Waals surface area (Å²) in [7, 11) is 0. The molecule has 1 N–H and O–H groups in total. The second-order valence-corrected chi connectivity index (χ2v) is 7.20. The quantitative estimate of drug-likeness (QED) is 0.581. The van der Waals surface area contributed by atoms with Crippen LogP contribution in [0.25, 0.3) is 10.8 Å². The molecule has 0 radical (unpaired) electrons. The molecule has 3 nitrogen and oxygen atoms in total. The summed E-state index contributed by atoms with van der Waals surface area (Å²) in [6.07, 6.45) is 4.33. The zero-order valence-corrected chi connectivity index (χ0v) is 16.0. The molecule has 0 unspecified atom stereocenters. The highest BCUT2D eigenvalue weighted by atomic mass is 19.1. The maximum absolute atomic E-state index is 14.6. The molecule has 1 amide bonds. The van der Waals surface area contributed by atoms with Crippen molar-refractivity contribution in [1.82, 2.24) is 4.98 Å². The summed E-state index contributed by atoms with van der Waals surface area (Å²) in [6.45, 7) is 6.39. The number of rotatable bonds is 6. The van der Waals surface area contributed by atoms with Gasteiger partial charge in [0.25, 0.3) is 0 Å². The van der Waals surface area contributed by atoms with Crippen LogP contribution in [0.1, 0.15) is 56.6 Å². The number of benzene rings is 2. The van der Waals surface area contributed by atoms with Gasteiger partial charge >= 0.3 is 0 Å². The summed E-state index contributed by atoms with van der Waals surface area (Å²) in [5.74, 6) is -0.00730. The lowest BCUT2D eigenvalue weighted by Crippen LogP contribution is -2.16. The van der Waals surface area contributed by atoms with Crippen molar-refractivity contribution in [2.75, 3.05) is 5.32 Å². The molecule has 2 aromatic carbocycles. The Morgan fingerprint density at radius 1 is 1.07 bits per heavy atom. The Bertz CT molecular complexity index is 935. The van der Waals surface area contributed by atoms with Crippen LogP contribution in [0.2, 0.25) is 0 Å². The van der Waals surface area contributed by atoms with E-state index in [9.17, 15) is 9.18 Å². The molecule has 0 aliphatic carbocycles. The first-order valence-electron chi connectivity index (χ1n) is 9.41. The molecule has 1 atom stereocenters. The van der Waals surface area contributed by atoms with E-state index in [4.69, 9.17) is 0 Å². The summed E-state index contributed by atoms with van der Waals surface area (Å²) in [5.41, 5.74) is 2.64. The normalized spacial score (nSPS) is 12.3. The van der Waals surface area contributed by atoms with E-state index < -0.39 is 5.82 Å². The maximum Gasteiger partial charge on any atom is 0.225 e. The van der Waals surface area contributed by atoms with Gasteiger partial charge in [0.05, 0.1) is 5.69 Å². The van der Waals surface area contributed by atoms with E-state index in [1.54, 1.807) is 30.6 Å². The number of fused-ring (bicyclic) bond motifs is 1. The third-order valence-corrected chi connectivity index (χ3v) is 5.03. The fraction of sp³-hybridized carbons (Fsp3) is 0.304. The fourth-order valence-electron chi connectivity index (χ4n) is 3.30. The van der Waals surface area contributed by atoms with Gasteiger partial charge in [0.1, 0.15) is 0 Å². The molecule has 27 heavy (non-hydrogen) atoms. The number of halogens is 1. The lowest BCUT2D eigenvalue weighted by molar-refractivity contribution is -0.116. The van der Waals surface area contributed by atoms with Crippen molar-refractivity contribution in [3.05, 3.63) is 71.8 Å². The van der Waals surface area contributed by atoms with E-state index in [1.807, 2.05) is 0 Å². The molecule has 0 saturated heterocycles. The maximum atomic E-state index is 14.6. The number of carbonyl (C=O) groups is 1. The highest BCUT2D eigenvalue weighted by molar-refractivity contribution is 5.95. The number of nitrogens with one attached hydrogen (secondary N) is 1. The van der Waals surface area contributed by atoms with Crippen LogP contribution in [0.5, 0.6) is 0 Å². The molecule has 0 spiro atoms. The highest BCUT2D eigenvalue weighted by Gasteiger charge is 2.17. The second kappa shape index (κ2) is 8.30. The Morgan fingerprint density at radius 2 is 1.78 bits per heavy atom. The van der Waals surface area contributed by atoms with E-state index >= 15 is 0 Å². The molecule has 1 heterocycles. The topological polar surface area (TPSA) is 42.0 Å². The number of aromatic nitrogens is 1. The van der Waals surface area contributed by atoms with Gasteiger partial charge in [0.15, 0.2) is 5.82 Å². The average molecular weight is 364 g/mol. The van der Waals surface area contributed by atoms with Gasteiger partial charge in [-0.2, -0.15) is 0 Å². The summed E-state index contributed by atoms with van der Waals surface area (Å²) in [4.78, 5) is 16.5. The first kappa shape index (κ1) is 19.0. The molecule has 0 aliphatic heterocycles. The minimum absolute atomic E-state index is 0.110. The summed E-state index contributed by atoms with van der Waals surface area (Å²) >= 11 is 0. The molecular formula is C23H25FN2O. The first-order chi connectivity index (χ1) is 13.0. The van der Waals surface area contributed by atoms with Crippen molar-refractivity contribution >= 4 is 22.4 Å². The minimum Gasteiger partial charge on any atom is -0.324 e. The SMILES string of the molecule is CC[C@@H](CC(=O)Nc1ccc2cnccc2c1F)c1ccc(C(C)C)cc1. The van der Waals surface area contributed by atoms with Crippen LogP contribution >= 0.6 is 0 Å². The van der Waals surface area contributed by atoms with Crippen LogP contribution in [-0.2, 0) is 4.79 Å². The number of amides is 1. The Balaban J connectivity index is 1.73. The fourth-order valence-corrected chi connectivity index (χ4v) is 3.30. The van der Waals surface area contributed by atoms with Gasteiger partial charge in [-0.05, 0) is 41.5 Å². The van der Waals surface area contributed by atoms with Crippen molar-refractivity contribution in [2.24, 2.45) is 0 Å². The number of hydrogen-bond donors (Lipinski definition) is 1. The molecule has 0 aliphatic rings. The lowest BCUT2D eigenvalue weighted by atomic mass is 9.91.